The Hall–Kier alpha value is -3.71. The minimum absolute atomic E-state index is 0.741. The predicted molar refractivity (Wildman–Crippen MR) is 159 cm³/mol. The van der Waals surface area contributed by atoms with Crippen LogP contribution in [0, 0.1) is 22.9 Å². The van der Waals surface area contributed by atoms with Gasteiger partial charge in [-0.1, -0.05) is 63.5 Å². The van der Waals surface area contributed by atoms with Gasteiger partial charge in [0.25, 0.3) is 0 Å². The van der Waals surface area contributed by atoms with Crippen LogP contribution in [0.3, 0.4) is 0 Å². The summed E-state index contributed by atoms with van der Waals surface area (Å²) < 4.78 is 12.3. The molecule has 0 amide bonds. The van der Waals surface area contributed by atoms with Crippen molar-refractivity contribution in [2.75, 3.05) is 0 Å². The van der Waals surface area contributed by atoms with Crippen molar-refractivity contribution < 1.29 is 8.83 Å². The number of fused-ring (bicyclic) bond motifs is 7. The van der Waals surface area contributed by atoms with Gasteiger partial charge in [-0.05, 0) is 68.4 Å². The SMILES string of the molecule is C[Si](C)(C)C#Cc1cc2cc3ccc4c5cc6oc(C#C[Si](C)(C)C)cc6cc5ccc4c3cc2o1. The molecule has 0 aliphatic rings. The van der Waals surface area contributed by atoms with Gasteiger partial charge < -0.3 is 8.83 Å². The van der Waals surface area contributed by atoms with Gasteiger partial charge in [-0.15, -0.1) is 11.1 Å². The Bertz CT molecular complexity index is 1820. The van der Waals surface area contributed by atoms with Crippen molar-refractivity contribution in [3.8, 4) is 22.9 Å². The highest BCUT2D eigenvalue weighted by Gasteiger charge is 2.13. The van der Waals surface area contributed by atoms with E-state index < -0.39 is 16.1 Å². The van der Waals surface area contributed by atoms with Crippen LogP contribution in [0.15, 0.2) is 69.5 Å². The standard InChI is InChI=1S/C32H28O2Si2/c1-35(2,3)13-11-25-17-23-15-21-7-9-28-27(29(21)19-31(23)33-25)10-8-22-16-24-18-26(12-14-36(4,5)6)34-32(24)20-30(22)28/h7-10,15-20H,1-6H3. The number of rotatable bonds is 0. The monoisotopic (exact) mass is 500 g/mol. The molecule has 0 saturated heterocycles. The van der Waals surface area contributed by atoms with E-state index in [1.165, 1.54) is 32.3 Å². The van der Waals surface area contributed by atoms with E-state index in [1.807, 2.05) is 0 Å². The minimum atomic E-state index is -1.47. The second-order valence-electron chi connectivity index (χ2n) is 11.7. The van der Waals surface area contributed by atoms with Crippen molar-refractivity contribution in [1.29, 1.82) is 0 Å². The van der Waals surface area contributed by atoms with E-state index in [4.69, 9.17) is 8.83 Å². The molecule has 36 heavy (non-hydrogen) atoms. The van der Waals surface area contributed by atoms with Gasteiger partial charge in [-0.3, -0.25) is 0 Å². The maximum atomic E-state index is 6.14. The fourth-order valence-corrected chi connectivity index (χ4v) is 5.56. The molecule has 0 atom stereocenters. The molecule has 0 bridgehead atoms. The molecular weight excluding hydrogens is 473 g/mol. The van der Waals surface area contributed by atoms with Crippen LogP contribution in [0.2, 0.25) is 39.3 Å². The number of hydrogen-bond acceptors (Lipinski definition) is 2. The highest BCUT2D eigenvalue weighted by Crippen LogP contribution is 2.36. The van der Waals surface area contributed by atoms with E-state index in [-0.39, 0.29) is 0 Å². The van der Waals surface area contributed by atoms with E-state index in [2.05, 4.69) is 123 Å². The van der Waals surface area contributed by atoms with Crippen molar-refractivity contribution in [2.45, 2.75) is 39.3 Å². The Labute approximate surface area is 213 Å². The zero-order valence-electron chi connectivity index (χ0n) is 21.6. The Morgan fingerprint density at radius 1 is 0.472 bits per heavy atom. The fourth-order valence-electron chi connectivity index (χ4n) is 4.57. The maximum absolute atomic E-state index is 6.14. The molecule has 2 aromatic heterocycles. The number of furan rings is 2. The zero-order chi connectivity index (χ0) is 25.2. The molecule has 0 spiro atoms. The van der Waals surface area contributed by atoms with Gasteiger partial charge in [-0.2, -0.15) is 0 Å². The summed E-state index contributed by atoms with van der Waals surface area (Å²) in [6.45, 7) is 13.4. The highest BCUT2D eigenvalue weighted by atomic mass is 28.3. The lowest BCUT2D eigenvalue weighted by Crippen LogP contribution is -2.16. The van der Waals surface area contributed by atoms with Gasteiger partial charge in [-0.25, -0.2) is 0 Å². The summed E-state index contributed by atoms with van der Waals surface area (Å²) in [5, 5.41) is 9.35. The molecule has 0 aliphatic heterocycles. The van der Waals surface area contributed by atoms with Crippen molar-refractivity contribution in [1.82, 2.24) is 0 Å². The first kappa shape index (κ1) is 22.7. The quantitative estimate of drug-likeness (QED) is 0.118. The molecule has 2 heterocycles. The molecule has 0 fully saturated rings. The maximum Gasteiger partial charge on any atom is 0.177 e. The van der Waals surface area contributed by atoms with Crippen LogP contribution < -0.4 is 0 Å². The average Bonchev–Trinajstić information content (AvgIpc) is 3.39. The molecule has 0 unspecified atom stereocenters. The Balaban J connectivity index is 1.53. The predicted octanol–water partition coefficient (Wildman–Crippen LogP) is 9.10. The number of benzene rings is 4. The van der Waals surface area contributed by atoms with Crippen molar-refractivity contribution in [2.24, 2.45) is 0 Å². The first-order chi connectivity index (χ1) is 17.0. The van der Waals surface area contributed by atoms with Crippen LogP contribution in [0.1, 0.15) is 11.5 Å². The third kappa shape index (κ3) is 4.24. The second kappa shape index (κ2) is 7.90. The van der Waals surface area contributed by atoms with Crippen molar-refractivity contribution in [3.05, 3.63) is 72.2 Å². The van der Waals surface area contributed by atoms with Crippen LogP contribution in [-0.2, 0) is 0 Å². The summed E-state index contributed by atoms with van der Waals surface area (Å²) >= 11 is 0. The van der Waals surface area contributed by atoms with Crippen LogP contribution in [0.25, 0.3) is 54.3 Å². The average molecular weight is 501 g/mol. The summed E-state index contributed by atoms with van der Waals surface area (Å²) in [5.74, 6) is 7.99. The largest absolute Gasteiger partial charge is 0.448 e. The lowest BCUT2D eigenvalue weighted by molar-refractivity contribution is 0.601. The molecular formula is C32H28O2Si2. The van der Waals surface area contributed by atoms with E-state index in [0.717, 1.165) is 33.5 Å². The molecule has 2 nitrogen and oxygen atoms in total. The summed E-state index contributed by atoms with van der Waals surface area (Å²) in [7, 11) is -2.93. The first-order valence-corrected chi connectivity index (χ1v) is 19.4. The third-order valence-electron chi connectivity index (χ3n) is 6.23. The summed E-state index contributed by atoms with van der Waals surface area (Å²) in [4.78, 5) is 0. The van der Waals surface area contributed by atoms with Gasteiger partial charge in [0.1, 0.15) is 27.3 Å². The van der Waals surface area contributed by atoms with E-state index >= 15 is 0 Å². The molecule has 0 saturated carbocycles. The van der Waals surface area contributed by atoms with Gasteiger partial charge in [0, 0.05) is 22.9 Å². The van der Waals surface area contributed by atoms with E-state index in [0.29, 0.717) is 0 Å². The molecule has 6 aromatic rings. The molecule has 6 rings (SSSR count). The molecule has 0 N–H and O–H groups in total. The fraction of sp³-hybridized carbons (Fsp3) is 0.188. The first-order valence-electron chi connectivity index (χ1n) is 12.4. The minimum Gasteiger partial charge on any atom is -0.448 e. The third-order valence-corrected chi connectivity index (χ3v) is 7.98. The normalized spacial score (nSPS) is 12.3. The molecule has 0 radical (unpaired) electrons. The van der Waals surface area contributed by atoms with Gasteiger partial charge in [0.15, 0.2) is 11.5 Å². The lowest BCUT2D eigenvalue weighted by Gasteiger charge is -2.08. The Kier molecular flexibility index (Phi) is 4.99. The van der Waals surface area contributed by atoms with Crippen LogP contribution in [0.4, 0.5) is 0 Å². The van der Waals surface area contributed by atoms with E-state index in [1.54, 1.807) is 0 Å². The van der Waals surface area contributed by atoms with Crippen LogP contribution >= 0.6 is 0 Å². The Morgan fingerprint density at radius 3 is 1.28 bits per heavy atom. The second-order valence-corrected chi connectivity index (χ2v) is 21.2. The molecule has 0 aliphatic carbocycles. The van der Waals surface area contributed by atoms with Gasteiger partial charge >= 0.3 is 0 Å². The lowest BCUT2D eigenvalue weighted by atomic mass is 9.96. The van der Waals surface area contributed by atoms with Crippen LogP contribution in [-0.4, -0.2) is 16.1 Å². The summed E-state index contributed by atoms with van der Waals surface area (Å²) in [6.07, 6.45) is 0. The van der Waals surface area contributed by atoms with Gasteiger partial charge in [0.05, 0.1) is 0 Å². The number of hydrogen-bond donors (Lipinski definition) is 0. The molecule has 176 valence electrons. The molecule has 4 heteroatoms. The van der Waals surface area contributed by atoms with Crippen molar-refractivity contribution in [3.63, 3.8) is 0 Å². The Morgan fingerprint density at radius 2 is 0.889 bits per heavy atom. The van der Waals surface area contributed by atoms with Gasteiger partial charge in [0.2, 0.25) is 0 Å². The highest BCUT2D eigenvalue weighted by molar-refractivity contribution is 6.84. The van der Waals surface area contributed by atoms with E-state index in [9.17, 15) is 0 Å². The summed E-state index contributed by atoms with van der Waals surface area (Å²) in [6, 6.07) is 21.7. The summed E-state index contributed by atoms with van der Waals surface area (Å²) in [5.41, 5.74) is 8.56. The topological polar surface area (TPSA) is 26.3 Å². The smallest absolute Gasteiger partial charge is 0.177 e. The molecule has 4 aromatic carbocycles. The zero-order valence-corrected chi connectivity index (χ0v) is 23.6. The van der Waals surface area contributed by atoms with Crippen LogP contribution in [0.5, 0.6) is 0 Å². The van der Waals surface area contributed by atoms with Crippen molar-refractivity contribution >= 4 is 70.4 Å².